The van der Waals surface area contributed by atoms with E-state index in [9.17, 15) is 4.79 Å². The second-order valence-electron chi connectivity index (χ2n) is 6.76. The van der Waals surface area contributed by atoms with Crippen LogP contribution in [0.4, 0.5) is 10.5 Å². The molecule has 0 unspecified atom stereocenters. The maximum atomic E-state index is 12.6. The number of para-hydroxylation sites is 1. The molecular weight excluding hydrogens is 276 g/mol. The van der Waals surface area contributed by atoms with Crippen LogP contribution in [0.15, 0.2) is 18.2 Å². The van der Waals surface area contributed by atoms with Gasteiger partial charge in [-0.15, -0.1) is 0 Å². The predicted octanol–water partition coefficient (Wildman–Crippen LogP) is 3.98. The number of aryl methyl sites for hydroxylation is 2. The summed E-state index contributed by atoms with van der Waals surface area (Å²) in [5, 5.41) is 3.10. The van der Waals surface area contributed by atoms with Crippen molar-refractivity contribution in [2.75, 3.05) is 19.0 Å². The van der Waals surface area contributed by atoms with Crippen molar-refractivity contribution in [2.45, 2.75) is 58.6 Å². The van der Waals surface area contributed by atoms with Crippen LogP contribution in [0.2, 0.25) is 0 Å². The average molecular weight is 304 g/mol. The Morgan fingerprint density at radius 2 is 2.18 bits per heavy atom. The summed E-state index contributed by atoms with van der Waals surface area (Å²) in [6.07, 6.45) is 2.67. The van der Waals surface area contributed by atoms with Crippen molar-refractivity contribution in [1.29, 1.82) is 0 Å². The third-order valence-corrected chi connectivity index (χ3v) is 4.51. The summed E-state index contributed by atoms with van der Waals surface area (Å²) in [6, 6.07) is 6.32. The highest BCUT2D eigenvalue weighted by atomic mass is 16.5. The lowest BCUT2D eigenvalue weighted by molar-refractivity contribution is -0.0739. The van der Waals surface area contributed by atoms with Crippen LogP contribution in [0.1, 0.15) is 44.7 Å². The van der Waals surface area contributed by atoms with E-state index in [1.165, 1.54) is 5.56 Å². The van der Waals surface area contributed by atoms with E-state index in [2.05, 4.69) is 32.2 Å². The van der Waals surface area contributed by atoms with Gasteiger partial charge in [0.05, 0.1) is 5.60 Å². The van der Waals surface area contributed by atoms with Gasteiger partial charge in [-0.2, -0.15) is 0 Å². The molecular formula is C18H28N2O2. The summed E-state index contributed by atoms with van der Waals surface area (Å²) in [5.41, 5.74) is 3.07. The van der Waals surface area contributed by atoms with Crippen molar-refractivity contribution < 1.29 is 9.53 Å². The van der Waals surface area contributed by atoms with Crippen molar-refractivity contribution in [3.05, 3.63) is 29.3 Å². The van der Waals surface area contributed by atoms with Gasteiger partial charge in [0.2, 0.25) is 0 Å². The van der Waals surface area contributed by atoms with Crippen LogP contribution in [0, 0.1) is 6.92 Å². The highest BCUT2D eigenvalue weighted by Crippen LogP contribution is 2.28. The molecule has 1 heterocycles. The third kappa shape index (κ3) is 3.80. The number of nitrogens with one attached hydrogen (secondary N) is 1. The van der Waals surface area contributed by atoms with E-state index in [-0.39, 0.29) is 17.7 Å². The Bertz CT molecular complexity index is 540. The van der Waals surface area contributed by atoms with Gasteiger partial charge in [0.15, 0.2) is 0 Å². The Hall–Kier alpha value is -1.55. The molecule has 0 spiro atoms. The van der Waals surface area contributed by atoms with Gasteiger partial charge in [-0.25, -0.2) is 4.79 Å². The number of urea groups is 1. The fourth-order valence-corrected chi connectivity index (χ4v) is 3.09. The van der Waals surface area contributed by atoms with Crippen LogP contribution in [0.25, 0.3) is 0 Å². The number of benzene rings is 1. The van der Waals surface area contributed by atoms with Crippen LogP contribution in [-0.4, -0.2) is 36.2 Å². The zero-order valence-corrected chi connectivity index (χ0v) is 14.4. The summed E-state index contributed by atoms with van der Waals surface area (Å²) < 4.78 is 5.74. The van der Waals surface area contributed by atoms with E-state index in [0.717, 1.165) is 30.5 Å². The molecule has 122 valence electrons. The summed E-state index contributed by atoms with van der Waals surface area (Å²) in [7, 11) is 1.88. The Labute approximate surface area is 133 Å². The zero-order valence-electron chi connectivity index (χ0n) is 14.4. The fraction of sp³-hybridized carbons (Fsp3) is 0.611. The monoisotopic (exact) mass is 304 g/mol. The lowest BCUT2D eigenvalue weighted by atomic mass is 9.93. The number of ether oxygens (including phenoxy) is 1. The molecule has 1 aromatic carbocycles. The van der Waals surface area contributed by atoms with Gasteiger partial charge in [0.1, 0.15) is 0 Å². The molecule has 1 aliphatic rings. The van der Waals surface area contributed by atoms with E-state index in [0.29, 0.717) is 6.61 Å². The van der Waals surface area contributed by atoms with Crippen LogP contribution in [0.3, 0.4) is 0 Å². The first-order chi connectivity index (χ1) is 10.3. The maximum absolute atomic E-state index is 12.6. The molecule has 1 saturated heterocycles. The second kappa shape index (κ2) is 6.69. The van der Waals surface area contributed by atoms with Crippen LogP contribution >= 0.6 is 0 Å². The molecule has 0 bridgehead atoms. The second-order valence-corrected chi connectivity index (χ2v) is 6.76. The maximum Gasteiger partial charge on any atom is 0.321 e. The minimum Gasteiger partial charge on any atom is -0.375 e. The van der Waals surface area contributed by atoms with E-state index >= 15 is 0 Å². The summed E-state index contributed by atoms with van der Waals surface area (Å²) in [5.74, 6) is 0. The number of amides is 2. The van der Waals surface area contributed by atoms with Crippen LogP contribution in [0.5, 0.6) is 0 Å². The Balaban J connectivity index is 2.09. The number of carbonyl (C=O) groups is 1. The van der Waals surface area contributed by atoms with Crippen molar-refractivity contribution in [2.24, 2.45) is 0 Å². The predicted molar refractivity (Wildman–Crippen MR) is 90.4 cm³/mol. The molecule has 1 fully saturated rings. The molecule has 1 aromatic rings. The van der Waals surface area contributed by atoms with Crippen molar-refractivity contribution in [3.63, 3.8) is 0 Å². The zero-order chi connectivity index (χ0) is 16.3. The fourth-order valence-electron chi connectivity index (χ4n) is 3.09. The topological polar surface area (TPSA) is 41.6 Å². The molecule has 0 aromatic heterocycles. The minimum absolute atomic E-state index is 0.0355. The van der Waals surface area contributed by atoms with Gasteiger partial charge in [-0.3, -0.25) is 0 Å². The molecule has 0 radical (unpaired) electrons. The number of rotatable bonds is 3. The third-order valence-electron chi connectivity index (χ3n) is 4.51. The summed E-state index contributed by atoms with van der Waals surface area (Å²) >= 11 is 0. The average Bonchev–Trinajstić information content (AvgIpc) is 2.47. The molecule has 4 nitrogen and oxygen atoms in total. The van der Waals surface area contributed by atoms with Gasteiger partial charge in [0.25, 0.3) is 0 Å². The molecule has 0 aliphatic carbocycles. The largest absolute Gasteiger partial charge is 0.375 e. The molecule has 22 heavy (non-hydrogen) atoms. The number of carbonyl (C=O) groups excluding carboxylic acids is 1. The number of nitrogens with zero attached hydrogens (tertiary/aromatic N) is 1. The first-order valence-electron chi connectivity index (χ1n) is 8.10. The first-order valence-corrected chi connectivity index (χ1v) is 8.10. The molecule has 1 atom stereocenters. The van der Waals surface area contributed by atoms with Gasteiger partial charge >= 0.3 is 6.03 Å². The number of anilines is 1. The van der Waals surface area contributed by atoms with Gasteiger partial charge < -0.3 is 15.0 Å². The van der Waals surface area contributed by atoms with E-state index in [1.54, 1.807) is 0 Å². The summed E-state index contributed by atoms with van der Waals surface area (Å²) in [6.45, 7) is 9.02. The number of hydrogen-bond donors (Lipinski definition) is 1. The highest BCUT2D eigenvalue weighted by Gasteiger charge is 2.32. The number of hydrogen-bond acceptors (Lipinski definition) is 2. The molecule has 1 aliphatic heterocycles. The van der Waals surface area contributed by atoms with E-state index in [4.69, 9.17) is 4.74 Å². The lowest BCUT2D eigenvalue weighted by Gasteiger charge is -2.39. The SMILES string of the molecule is CCc1cccc(C)c1NC(=O)N(C)[C@@H]1CCOC(C)(C)C1. The van der Waals surface area contributed by atoms with Crippen molar-refractivity contribution in [1.82, 2.24) is 4.90 Å². The Kier molecular flexibility index (Phi) is 5.12. The van der Waals surface area contributed by atoms with Crippen LogP contribution < -0.4 is 5.32 Å². The van der Waals surface area contributed by atoms with Gasteiger partial charge in [0, 0.05) is 25.4 Å². The highest BCUT2D eigenvalue weighted by molar-refractivity contribution is 5.91. The standard InChI is InChI=1S/C18H28N2O2/c1-6-14-9-7-8-13(2)16(14)19-17(21)20(5)15-10-11-22-18(3,4)12-15/h7-9,15H,6,10-12H2,1-5H3,(H,19,21)/t15-/m1/s1. The van der Waals surface area contributed by atoms with Crippen LogP contribution in [-0.2, 0) is 11.2 Å². The lowest BCUT2D eigenvalue weighted by Crippen LogP contribution is -2.48. The van der Waals surface area contributed by atoms with Gasteiger partial charge in [-0.05, 0) is 51.2 Å². The van der Waals surface area contributed by atoms with Crippen molar-refractivity contribution in [3.8, 4) is 0 Å². The minimum atomic E-state index is -0.158. The quantitative estimate of drug-likeness (QED) is 0.917. The molecule has 2 rings (SSSR count). The normalized spacial score (nSPS) is 20.5. The van der Waals surface area contributed by atoms with Crippen molar-refractivity contribution >= 4 is 11.7 Å². The Morgan fingerprint density at radius 1 is 1.45 bits per heavy atom. The summed E-state index contributed by atoms with van der Waals surface area (Å²) in [4.78, 5) is 14.4. The smallest absolute Gasteiger partial charge is 0.321 e. The first kappa shape index (κ1) is 16.8. The molecule has 4 heteroatoms. The van der Waals surface area contributed by atoms with E-state index in [1.807, 2.05) is 31.0 Å². The molecule has 2 amide bonds. The molecule has 0 saturated carbocycles. The van der Waals surface area contributed by atoms with Gasteiger partial charge in [-0.1, -0.05) is 25.1 Å². The van der Waals surface area contributed by atoms with E-state index < -0.39 is 0 Å². The molecule has 1 N–H and O–H groups in total. The Morgan fingerprint density at radius 3 is 2.82 bits per heavy atom.